The molecule has 3 aromatic rings. The summed E-state index contributed by atoms with van der Waals surface area (Å²) in [5.74, 6) is 0.622. The molecule has 1 aromatic carbocycles. The van der Waals surface area contributed by atoms with Crippen molar-refractivity contribution in [2.75, 3.05) is 13.1 Å². The monoisotopic (exact) mass is 366 g/mol. The molecule has 0 spiro atoms. The van der Waals surface area contributed by atoms with Crippen molar-refractivity contribution in [2.45, 2.75) is 25.7 Å². The van der Waals surface area contributed by atoms with Gasteiger partial charge >= 0.3 is 0 Å². The molecule has 0 saturated carbocycles. The molecule has 0 radical (unpaired) electrons. The van der Waals surface area contributed by atoms with Gasteiger partial charge < -0.3 is 9.42 Å². The van der Waals surface area contributed by atoms with Gasteiger partial charge in [0.15, 0.2) is 0 Å². The Morgan fingerprint density at radius 1 is 1.26 bits per heavy atom. The highest BCUT2D eigenvalue weighted by Crippen LogP contribution is 2.28. The van der Waals surface area contributed by atoms with E-state index in [1.807, 2.05) is 11.8 Å². The van der Waals surface area contributed by atoms with Gasteiger partial charge in [-0.2, -0.15) is 4.98 Å². The van der Waals surface area contributed by atoms with Crippen LogP contribution in [-0.4, -0.2) is 39.0 Å². The number of amides is 1. The largest absolute Gasteiger partial charge is 0.339 e. The Hall–Kier alpha value is -3.09. The van der Waals surface area contributed by atoms with Crippen molar-refractivity contribution in [3.63, 3.8) is 0 Å². The highest BCUT2D eigenvalue weighted by Gasteiger charge is 2.29. The smallest absolute Gasteiger partial charge is 0.254 e. The van der Waals surface area contributed by atoms with Crippen LogP contribution in [0.15, 0.2) is 47.2 Å². The molecule has 0 N–H and O–H groups in total. The van der Waals surface area contributed by atoms with Crippen LogP contribution in [0.5, 0.6) is 0 Å². The molecule has 1 atom stereocenters. The zero-order valence-corrected chi connectivity index (χ0v) is 14.9. The van der Waals surface area contributed by atoms with Gasteiger partial charge in [0.25, 0.3) is 5.91 Å². The van der Waals surface area contributed by atoms with Crippen LogP contribution in [-0.2, 0) is 0 Å². The number of rotatable bonds is 3. The summed E-state index contributed by atoms with van der Waals surface area (Å²) in [6, 6.07) is 7.72. The van der Waals surface area contributed by atoms with E-state index in [1.54, 1.807) is 30.6 Å². The third-order valence-corrected chi connectivity index (χ3v) is 4.85. The first kappa shape index (κ1) is 17.3. The van der Waals surface area contributed by atoms with Gasteiger partial charge in [0.05, 0.1) is 5.92 Å². The summed E-state index contributed by atoms with van der Waals surface area (Å²) in [7, 11) is 0. The van der Waals surface area contributed by atoms with Crippen LogP contribution in [0.4, 0.5) is 4.39 Å². The van der Waals surface area contributed by atoms with Gasteiger partial charge in [0.2, 0.25) is 11.7 Å². The lowest BCUT2D eigenvalue weighted by atomic mass is 9.97. The maximum Gasteiger partial charge on any atom is 0.254 e. The standard InChI is InChI=1S/C20H19FN4O2/c1-13-11-22-9-8-17(13)20(26)25-10-2-3-15(12-25)19-23-18(24-27-19)14-4-6-16(21)7-5-14/h4-9,11,15H,2-3,10,12H2,1H3/t15-/m0/s1. The molecule has 1 amide bonds. The van der Waals surface area contributed by atoms with Gasteiger partial charge in [-0.05, 0) is 55.7 Å². The van der Waals surface area contributed by atoms with E-state index in [0.29, 0.717) is 35.9 Å². The van der Waals surface area contributed by atoms with Crippen molar-refractivity contribution >= 4 is 5.91 Å². The lowest BCUT2D eigenvalue weighted by Crippen LogP contribution is -2.39. The molecule has 0 aliphatic carbocycles. The van der Waals surface area contributed by atoms with Crippen molar-refractivity contribution < 1.29 is 13.7 Å². The molecule has 1 aliphatic heterocycles. The molecule has 4 rings (SSSR count). The number of nitrogens with zero attached hydrogens (tertiary/aromatic N) is 4. The Kier molecular flexibility index (Phi) is 4.66. The van der Waals surface area contributed by atoms with Crippen LogP contribution in [0.3, 0.4) is 0 Å². The Morgan fingerprint density at radius 2 is 2.07 bits per heavy atom. The molecule has 1 aliphatic rings. The van der Waals surface area contributed by atoms with Gasteiger partial charge in [-0.25, -0.2) is 4.39 Å². The molecule has 1 saturated heterocycles. The first-order chi connectivity index (χ1) is 13.1. The molecule has 27 heavy (non-hydrogen) atoms. The molecule has 0 bridgehead atoms. The summed E-state index contributed by atoms with van der Waals surface area (Å²) in [5, 5.41) is 4.01. The van der Waals surface area contributed by atoms with Crippen molar-refractivity contribution in [2.24, 2.45) is 0 Å². The minimum absolute atomic E-state index is 0.00197. The summed E-state index contributed by atoms with van der Waals surface area (Å²) in [6.45, 7) is 3.12. The van der Waals surface area contributed by atoms with Crippen LogP contribution in [0.25, 0.3) is 11.4 Å². The number of carbonyl (C=O) groups excluding carboxylic acids is 1. The Bertz CT molecular complexity index is 955. The molecular formula is C20H19FN4O2. The quantitative estimate of drug-likeness (QED) is 0.708. The van der Waals surface area contributed by atoms with Gasteiger partial charge in [0.1, 0.15) is 5.82 Å². The number of aromatic nitrogens is 3. The first-order valence-corrected chi connectivity index (χ1v) is 8.91. The van der Waals surface area contributed by atoms with Gasteiger partial charge in [-0.3, -0.25) is 9.78 Å². The van der Waals surface area contributed by atoms with Crippen LogP contribution in [0.2, 0.25) is 0 Å². The Labute approximate surface area is 156 Å². The molecule has 7 heteroatoms. The summed E-state index contributed by atoms with van der Waals surface area (Å²) in [4.78, 5) is 23.2. The molecule has 6 nitrogen and oxygen atoms in total. The summed E-state index contributed by atoms with van der Waals surface area (Å²) >= 11 is 0. The number of benzene rings is 1. The maximum atomic E-state index is 13.1. The van der Waals surface area contributed by atoms with Crippen LogP contribution < -0.4 is 0 Å². The molecule has 2 aromatic heterocycles. The topological polar surface area (TPSA) is 72.1 Å². The predicted octanol–water partition coefficient (Wildman–Crippen LogP) is 3.60. The number of halogens is 1. The summed E-state index contributed by atoms with van der Waals surface area (Å²) < 4.78 is 18.5. The van der Waals surface area contributed by atoms with E-state index < -0.39 is 0 Å². The molecule has 0 unspecified atom stereocenters. The average Bonchev–Trinajstić information content (AvgIpc) is 3.19. The Morgan fingerprint density at radius 3 is 2.85 bits per heavy atom. The summed E-state index contributed by atoms with van der Waals surface area (Å²) in [6.07, 6.45) is 5.08. The zero-order valence-electron chi connectivity index (χ0n) is 14.9. The SMILES string of the molecule is Cc1cnccc1C(=O)N1CCC[C@H](c2nc(-c3ccc(F)cc3)no2)C1. The molecular weight excluding hydrogens is 347 g/mol. The second-order valence-electron chi connectivity index (χ2n) is 6.74. The minimum atomic E-state index is -0.310. The fourth-order valence-electron chi connectivity index (χ4n) is 3.36. The maximum absolute atomic E-state index is 13.1. The Balaban J connectivity index is 1.51. The van der Waals surface area contributed by atoms with Crippen LogP contribution in [0.1, 0.15) is 40.6 Å². The third-order valence-electron chi connectivity index (χ3n) is 4.85. The fraction of sp³-hybridized carbons (Fsp3) is 0.300. The van der Waals surface area contributed by atoms with E-state index in [2.05, 4.69) is 15.1 Å². The normalized spacial score (nSPS) is 17.1. The van der Waals surface area contributed by atoms with Crippen LogP contribution >= 0.6 is 0 Å². The highest BCUT2D eigenvalue weighted by atomic mass is 19.1. The number of pyridine rings is 1. The van der Waals surface area contributed by atoms with E-state index in [4.69, 9.17) is 4.52 Å². The molecule has 3 heterocycles. The lowest BCUT2D eigenvalue weighted by molar-refractivity contribution is 0.0695. The average molecular weight is 366 g/mol. The fourth-order valence-corrected chi connectivity index (χ4v) is 3.36. The minimum Gasteiger partial charge on any atom is -0.339 e. The van der Waals surface area contributed by atoms with Gasteiger partial charge in [-0.1, -0.05) is 5.16 Å². The van der Waals surface area contributed by atoms with E-state index in [9.17, 15) is 9.18 Å². The van der Waals surface area contributed by atoms with Gasteiger partial charge in [0, 0.05) is 36.6 Å². The molecule has 1 fully saturated rings. The van der Waals surface area contributed by atoms with Crippen molar-refractivity contribution in [1.29, 1.82) is 0 Å². The lowest BCUT2D eigenvalue weighted by Gasteiger charge is -2.31. The number of hydrogen-bond donors (Lipinski definition) is 0. The summed E-state index contributed by atoms with van der Waals surface area (Å²) in [5.41, 5.74) is 2.23. The second kappa shape index (κ2) is 7.26. The number of piperidine rings is 1. The van der Waals surface area contributed by atoms with Crippen molar-refractivity contribution in [3.8, 4) is 11.4 Å². The van der Waals surface area contributed by atoms with Crippen molar-refractivity contribution in [1.82, 2.24) is 20.0 Å². The highest BCUT2D eigenvalue weighted by molar-refractivity contribution is 5.95. The zero-order chi connectivity index (χ0) is 18.8. The molecule has 138 valence electrons. The predicted molar refractivity (Wildman–Crippen MR) is 96.5 cm³/mol. The van der Waals surface area contributed by atoms with E-state index in [0.717, 1.165) is 18.4 Å². The number of aryl methyl sites for hydroxylation is 1. The first-order valence-electron chi connectivity index (χ1n) is 8.91. The van der Waals surface area contributed by atoms with E-state index in [-0.39, 0.29) is 17.6 Å². The number of carbonyl (C=O) groups is 1. The van der Waals surface area contributed by atoms with Gasteiger partial charge in [-0.15, -0.1) is 0 Å². The third kappa shape index (κ3) is 3.58. The van der Waals surface area contributed by atoms with Crippen molar-refractivity contribution in [3.05, 3.63) is 65.6 Å². The van der Waals surface area contributed by atoms with Crippen LogP contribution in [0, 0.1) is 12.7 Å². The van der Waals surface area contributed by atoms with E-state index >= 15 is 0 Å². The van der Waals surface area contributed by atoms with E-state index in [1.165, 1.54) is 12.1 Å². The second-order valence-corrected chi connectivity index (χ2v) is 6.74. The number of likely N-dealkylation sites (tertiary alicyclic amines) is 1. The number of hydrogen-bond acceptors (Lipinski definition) is 5.